The van der Waals surface area contributed by atoms with Crippen molar-refractivity contribution < 1.29 is 37.9 Å². The maximum atomic E-state index is 13.0. The lowest BCUT2D eigenvalue weighted by atomic mass is 9.85. The van der Waals surface area contributed by atoms with Crippen molar-refractivity contribution >= 4 is 42.1 Å². The SMILES string of the molecule is CC(=O)c1ccc2c(c1)[C@H](NC(=O)c1cccc(I)c1)[C@@H](OCOP(=O)(O)O)C(C)(C)O2. The minimum Gasteiger partial charge on any atom is -0.485 e. The third-order valence-electron chi connectivity index (χ3n) is 4.95. The van der Waals surface area contributed by atoms with Gasteiger partial charge in [0.25, 0.3) is 5.91 Å². The molecule has 172 valence electrons. The first kappa shape index (κ1) is 24.8. The topological polar surface area (TPSA) is 131 Å². The summed E-state index contributed by atoms with van der Waals surface area (Å²) < 4.78 is 28.1. The molecule has 3 N–H and O–H groups in total. The van der Waals surface area contributed by atoms with Gasteiger partial charge >= 0.3 is 7.82 Å². The lowest BCUT2D eigenvalue weighted by molar-refractivity contribution is -0.141. The summed E-state index contributed by atoms with van der Waals surface area (Å²) in [5, 5.41) is 2.93. The fourth-order valence-corrected chi connectivity index (χ4v) is 4.23. The molecule has 2 atom stereocenters. The second kappa shape index (κ2) is 9.58. The summed E-state index contributed by atoms with van der Waals surface area (Å²) in [6.07, 6.45) is -0.893. The number of phosphoric ester groups is 1. The molecule has 0 unspecified atom stereocenters. The first-order chi connectivity index (χ1) is 14.9. The lowest BCUT2D eigenvalue weighted by Crippen LogP contribution is -2.55. The first-order valence-electron chi connectivity index (χ1n) is 9.59. The van der Waals surface area contributed by atoms with E-state index in [0.29, 0.717) is 22.4 Å². The van der Waals surface area contributed by atoms with Gasteiger partial charge in [-0.2, -0.15) is 0 Å². The Hall–Kier alpha value is -1.82. The molecule has 1 amide bonds. The highest BCUT2D eigenvalue weighted by Crippen LogP contribution is 2.43. The predicted octanol–water partition coefficient (Wildman–Crippen LogP) is 3.59. The number of carbonyl (C=O) groups excluding carboxylic acids is 2. The van der Waals surface area contributed by atoms with E-state index in [1.165, 1.54) is 6.92 Å². The van der Waals surface area contributed by atoms with E-state index in [1.807, 2.05) is 6.07 Å². The van der Waals surface area contributed by atoms with Crippen LogP contribution in [0.4, 0.5) is 0 Å². The number of phosphoric acid groups is 1. The minimum absolute atomic E-state index is 0.164. The van der Waals surface area contributed by atoms with Crippen LogP contribution in [0.25, 0.3) is 0 Å². The van der Waals surface area contributed by atoms with Crippen molar-refractivity contribution in [1.29, 1.82) is 0 Å². The number of rotatable bonds is 7. The number of benzene rings is 2. The molecule has 32 heavy (non-hydrogen) atoms. The summed E-state index contributed by atoms with van der Waals surface area (Å²) in [4.78, 5) is 43.0. The van der Waals surface area contributed by atoms with E-state index in [0.717, 1.165) is 3.57 Å². The van der Waals surface area contributed by atoms with E-state index in [1.54, 1.807) is 50.2 Å². The molecular formula is C21H23INO8P. The molecule has 1 aliphatic rings. The average molecular weight is 575 g/mol. The third-order valence-corrected chi connectivity index (χ3v) is 6.07. The zero-order valence-electron chi connectivity index (χ0n) is 17.6. The molecule has 0 aromatic heterocycles. The molecule has 0 radical (unpaired) electrons. The van der Waals surface area contributed by atoms with Gasteiger partial charge < -0.3 is 24.6 Å². The van der Waals surface area contributed by atoms with Gasteiger partial charge in [0.1, 0.15) is 17.5 Å². The fraction of sp³-hybridized carbons (Fsp3) is 0.333. The molecular weight excluding hydrogens is 552 g/mol. The maximum absolute atomic E-state index is 13.0. The molecule has 9 nitrogen and oxygen atoms in total. The minimum atomic E-state index is -4.76. The molecule has 2 aromatic rings. The number of ether oxygens (including phenoxy) is 2. The summed E-state index contributed by atoms with van der Waals surface area (Å²) in [7, 11) is -4.76. The van der Waals surface area contributed by atoms with Crippen LogP contribution in [-0.2, 0) is 13.8 Å². The van der Waals surface area contributed by atoms with Gasteiger partial charge in [0.2, 0.25) is 0 Å². The van der Waals surface area contributed by atoms with Crippen LogP contribution >= 0.6 is 30.4 Å². The Morgan fingerprint density at radius 3 is 2.53 bits per heavy atom. The second-order valence-corrected chi connectivity index (χ2v) is 10.3. The molecule has 0 saturated heterocycles. The van der Waals surface area contributed by atoms with Gasteiger partial charge in [-0.25, -0.2) is 4.57 Å². The van der Waals surface area contributed by atoms with Crippen molar-refractivity contribution in [3.63, 3.8) is 0 Å². The molecule has 0 saturated carbocycles. The lowest BCUT2D eigenvalue weighted by Gasteiger charge is -2.44. The van der Waals surface area contributed by atoms with E-state index in [2.05, 4.69) is 32.4 Å². The molecule has 3 rings (SSSR count). The number of nitrogens with one attached hydrogen (secondary N) is 1. The second-order valence-electron chi connectivity index (χ2n) is 7.80. The molecule has 0 spiro atoms. The largest absolute Gasteiger partial charge is 0.485 e. The Morgan fingerprint density at radius 2 is 1.91 bits per heavy atom. The van der Waals surface area contributed by atoms with E-state index in [9.17, 15) is 14.2 Å². The smallest absolute Gasteiger partial charge is 0.471 e. The number of amides is 1. The van der Waals surface area contributed by atoms with Crippen molar-refractivity contribution in [2.24, 2.45) is 0 Å². The van der Waals surface area contributed by atoms with Crippen molar-refractivity contribution in [2.75, 3.05) is 6.79 Å². The fourth-order valence-electron chi connectivity index (χ4n) is 3.49. The van der Waals surface area contributed by atoms with Gasteiger partial charge in [0.15, 0.2) is 12.6 Å². The van der Waals surface area contributed by atoms with Crippen LogP contribution < -0.4 is 10.1 Å². The van der Waals surface area contributed by atoms with Crippen LogP contribution in [-0.4, -0.2) is 40.0 Å². The van der Waals surface area contributed by atoms with Crippen molar-refractivity contribution in [1.82, 2.24) is 5.32 Å². The Morgan fingerprint density at radius 1 is 1.19 bits per heavy atom. The Bertz CT molecular complexity index is 1080. The summed E-state index contributed by atoms with van der Waals surface area (Å²) in [6, 6.07) is 11.1. The molecule has 1 heterocycles. The van der Waals surface area contributed by atoms with Gasteiger partial charge in [0.05, 0.1) is 6.04 Å². The zero-order chi connectivity index (χ0) is 23.7. The van der Waals surface area contributed by atoms with Crippen molar-refractivity contribution in [3.8, 4) is 5.75 Å². The summed E-state index contributed by atoms with van der Waals surface area (Å²) in [5.41, 5.74) is 0.352. The molecule has 0 aliphatic carbocycles. The van der Waals surface area contributed by atoms with E-state index >= 15 is 0 Å². The van der Waals surface area contributed by atoms with Crippen LogP contribution in [0.2, 0.25) is 0 Å². The normalized spacial score (nSPS) is 19.6. The number of ketones is 1. The van der Waals surface area contributed by atoms with Gasteiger partial charge in [-0.3, -0.25) is 14.1 Å². The standard InChI is InChI=1S/C21H23INO8P/c1-12(24)13-7-8-17-16(10-13)18(23-20(25)14-5-4-6-15(22)9-14)19(21(2,3)31-17)29-11-30-32(26,27)28/h4-10,18-19H,11H2,1-3H3,(H,23,25)(H2,26,27,28)/t18-,19+/m0/s1. The quantitative estimate of drug-likeness (QED) is 0.198. The van der Waals surface area contributed by atoms with Crippen molar-refractivity contribution in [2.45, 2.75) is 38.5 Å². The molecule has 0 bridgehead atoms. The van der Waals surface area contributed by atoms with Crippen LogP contribution in [0.3, 0.4) is 0 Å². The highest BCUT2D eigenvalue weighted by atomic mass is 127. The summed E-state index contributed by atoms with van der Waals surface area (Å²) in [6.45, 7) is 4.15. The van der Waals surface area contributed by atoms with Gasteiger partial charge in [-0.05, 0) is 79.8 Å². The van der Waals surface area contributed by atoms with Gasteiger partial charge in [-0.15, -0.1) is 0 Å². The van der Waals surface area contributed by atoms with Crippen LogP contribution in [0.15, 0.2) is 42.5 Å². The third kappa shape index (κ3) is 5.94. The van der Waals surface area contributed by atoms with Crippen LogP contribution in [0.1, 0.15) is 53.1 Å². The number of fused-ring (bicyclic) bond motifs is 1. The molecule has 2 aromatic carbocycles. The zero-order valence-corrected chi connectivity index (χ0v) is 20.6. The predicted molar refractivity (Wildman–Crippen MR) is 123 cm³/mol. The number of hydrogen-bond acceptors (Lipinski definition) is 6. The van der Waals surface area contributed by atoms with Crippen LogP contribution in [0.5, 0.6) is 5.75 Å². The summed E-state index contributed by atoms with van der Waals surface area (Å²) >= 11 is 2.10. The Labute approximate surface area is 198 Å². The van der Waals surface area contributed by atoms with Crippen LogP contribution in [0, 0.1) is 3.57 Å². The monoisotopic (exact) mass is 575 g/mol. The maximum Gasteiger partial charge on any atom is 0.471 e. The number of Topliss-reactive ketones (excluding diaryl/α,β-unsaturated/α-hetero) is 1. The number of hydrogen-bond donors (Lipinski definition) is 3. The molecule has 11 heteroatoms. The van der Waals surface area contributed by atoms with Crippen molar-refractivity contribution in [3.05, 3.63) is 62.7 Å². The molecule has 0 fully saturated rings. The van der Waals surface area contributed by atoms with E-state index < -0.39 is 32.4 Å². The Kier molecular flexibility index (Phi) is 7.43. The Balaban J connectivity index is 2.01. The number of carbonyl (C=O) groups is 2. The number of halogens is 1. The average Bonchev–Trinajstić information content (AvgIpc) is 2.68. The molecule has 1 aliphatic heterocycles. The van der Waals surface area contributed by atoms with E-state index in [-0.39, 0.29) is 11.7 Å². The summed E-state index contributed by atoms with van der Waals surface area (Å²) in [5.74, 6) is -0.0822. The highest BCUT2D eigenvalue weighted by Gasteiger charge is 2.46. The van der Waals surface area contributed by atoms with Gasteiger partial charge in [-0.1, -0.05) is 6.07 Å². The highest BCUT2D eigenvalue weighted by molar-refractivity contribution is 14.1. The van der Waals surface area contributed by atoms with E-state index in [4.69, 9.17) is 19.3 Å². The van der Waals surface area contributed by atoms with Gasteiger partial charge in [0, 0.05) is 20.3 Å². The first-order valence-corrected chi connectivity index (χ1v) is 12.2.